The summed E-state index contributed by atoms with van der Waals surface area (Å²) in [5.41, 5.74) is -1.47. The fraction of sp³-hybridized carbons (Fsp3) is 0.429. The van der Waals surface area contributed by atoms with Gasteiger partial charge in [0.1, 0.15) is 11.5 Å². The Morgan fingerprint density at radius 2 is 1.71 bits per heavy atom. The number of carbonyl (C=O) groups excluding carboxylic acids is 2. The van der Waals surface area contributed by atoms with Crippen LogP contribution in [-0.2, 0) is 9.59 Å². The van der Waals surface area contributed by atoms with Crippen LogP contribution >= 0.6 is 0 Å². The zero-order valence-electron chi connectivity index (χ0n) is 14.4. The van der Waals surface area contributed by atoms with Gasteiger partial charge in [0.2, 0.25) is 0 Å². The average Bonchev–Trinajstić information content (AvgIpc) is 2.85. The lowest BCUT2D eigenvalue weighted by atomic mass is 9.65. The van der Waals surface area contributed by atoms with Crippen LogP contribution in [-0.4, -0.2) is 11.8 Å². The lowest BCUT2D eigenvalue weighted by Gasteiger charge is -2.37. The molecule has 0 aromatic heterocycles. The molecule has 2 fully saturated rings. The topological polar surface area (TPSA) is 43.4 Å². The van der Waals surface area contributed by atoms with Crippen molar-refractivity contribution in [3.8, 4) is 5.75 Å². The minimum Gasteiger partial charge on any atom is -0.426 e. The minimum absolute atomic E-state index is 0.203. The number of esters is 1. The summed E-state index contributed by atoms with van der Waals surface area (Å²) in [5, 5.41) is 2.15. The van der Waals surface area contributed by atoms with Gasteiger partial charge in [-0.2, -0.15) is 0 Å². The molecule has 2 aromatic rings. The van der Waals surface area contributed by atoms with Gasteiger partial charge in [-0.25, -0.2) is 0 Å². The van der Waals surface area contributed by atoms with E-state index in [0.29, 0.717) is 12.2 Å². The highest BCUT2D eigenvalue weighted by Crippen LogP contribution is 2.70. The van der Waals surface area contributed by atoms with E-state index >= 15 is 0 Å². The summed E-state index contributed by atoms with van der Waals surface area (Å²) in [4.78, 5) is 25.6. The SMILES string of the molecule is CC1(C)[C@@]2(C(=O)Oc3ccc4ccccc4c3)CC[C@@]1(C)C(=O)C2. The summed E-state index contributed by atoms with van der Waals surface area (Å²) < 4.78 is 5.77. The van der Waals surface area contributed by atoms with Gasteiger partial charge >= 0.3 is 5.97 Å². The Morgan fingerprint density at radius 1 is 1.00 bits per heavy atom. The van der Waals surface area contributed by atoms with Gasteiger partial charge in [-0.1, -0.05) is 51.1 Å². The van der Waals surface area contributed by atoms with E-state index in [4.69, 9.17) is 4.74 Å². The van der Waals surface area contributed by atoms with Crippen molar-refractivity contribution in [1.29, 1.82) is 0 Å². The van der Waals surface area contributed by atoms with Crippen LogP contribution in [0, 0.1) is 16.2 Å². The molecule has 0 N–H and O–H groups in total. The molecule has 4 rings (SSSR count). The fourth-order valence-electron chi connectivity index (χ4n) is 4.75. The largest absolute Gasteiger partial charge is 0.426 e. The van der Waals surface area contributed by atoms with Crippen molar-refractivity contribution >= 4 is 22.5 Å². The van der Waals surface area contributed by atoms with Crippen molar-refractivity contribution in [3.63, 3.8) is 0 Å². The Balaban J connectivity index is 1.68. The van der Waals surface area contributed by atoms with Gasteiger partial charge in [-0.15, -0.1) is 0 Å². The Bertz CT molecular complexity index is 866. The summed E-state index contributed by atoms with van der Waals surface area (Å²) in [6, 6.07) is 13.7. The van der Waals surface area contributed by atoms with Crippen LogP contribution in [0.4, 0.5) is 0 Å². The second-order valence-electron chi connectivity index (χ2n) is 8.04. The van der Waals surface area contributed by atoms with E-state index in [0.717, 1.165) is 23.6 Å². The molecule has 0 spiro atoms. The Hall–Kier alpha value is -2.16. The summed E-state index contributed by atoms with van der Waals surface area (Å²) in [5.74, 6) is 0.503. The minimum atomic E-state index is -0.690. The number of hydrogen-bond donors (Lipinski definition) is 0. The molecule has 0 aliphatic heterocycles. The van der Waals surface area contributed by atoms with E-state index in [1.54, 1.807) is 0 Å². The smallest absolute Gasteiger partial charge is 0.318 e. The van der Waals surface area contributed by atoms with Crippen LogP contribution < -0.4 is 4.74 Å². The van der Waals surface area contributed by atoms with Crippen LogP contribution in [0.15, 0.2) is 42.5 Å². The zero-order valence-corrected chi connectivity index (χ0v) is 14.4. The van der Waals surface area contributed by atoms with E-state index in [-0.39, 0.29) is 17.2 Å². The molecule has 2 aliphatic carbocycles. The molecular weight excluding hydrogens is 300 g/mol. The van der Waals surface area contributed by atoms with E-state index in [9.17, 15) is 9.59 Å². The number of fused-ring (bicyclic) bond motifs is 3. The molecule has 124 valence electrons. The number of Topliss-reactive ketones (excluding diaryl/α,β-unsaturated/α-hetero) is 1. The number of hydrogen-bond acceptors (Lipinski definition) is 3. The zero-order chi connectivity index (χ0) is 17.2. The van der Waals surface area contributed by atoms with Crippen LogP contribution in [0.5, 0.6) is 5.75 Å². The van der Waals surface area contributed by atoms with E-state index in [1.807, 2.05) is 63.2 Å². The molecule has 2 bridgehead atoms. The highest BCUT2D eigenvalue weighted by Gasteiger charge is 2.73. The molecule has 0 unspecified atom stereocenters. The third-order valence-electron chi connectivity index (χ3n) is 7.03. The Labute approximate surface area is 142 Å². The molecule has 0 saturated heterocycles. The van der Waals surface area contributed by atoms with Crippen molar-refractivity contribution in [2.75, 3.05) is 0 Å². The van der Waals surface area contributed by atoms with Gasteiger partial charge in [0.25, 0.3) is 0 Å². The third-order valence-corrected chi connectivity index (χ3v) is 7.03. The molecule has 0 radical (unpaired) electrons. The highest BCUT2D eigenvalue weighted by molar-refractivity contribution is 5.98. The first-order valence-electron chi connectivity index (χ1n) is 8.55. The van der Waals surface area contributed by atoms with Gasteiger partial charge in [-0.3, -0.25) is 9.59 Å². The van der Waals surface area contributed by atoms with Crippen LogP contribution in [0.2, 0.25) is 0 Å². The molecule has 3 nitrogen and oxygen atoms in total. The number of ether oxygens (including phenoxy) is 1. The van der Waals surface area contributed by atoms with Crippen molar-refractivity contribution in [2.45, 2.75) is 40.0 Å². The first-order chi connectivity index (χ1) is 11.3. The predicted octanol–water partition coefficient (Wildman–Crippen LogP) is 4.53. The lowest BCUT2D eigenvalue weighted by molar-refractivity contribution is -0.151. The normalized spacial score (nSPS) is 30.7. The average molecular weight is 322 g/mol. The van der Waals surface area contributed by atoms with Crippen molar-refractivity contribution in [1.82, 2.24) is 0 Å². The maximum Gasteiger partial charge on any atom is 0.318 e. The summed E-state index contributed by atoms with van der Waals surface area (Å²) in [7, 11) is 0. The second kappa shape index (κ2) is 4.69. The standard InChI is InChI=1S/C21H22O3/c1-19(2)20(3)10-11-21(19,13-17(20)22)18(23)24-16-9-8-14-6-4-5-7-15(14)12-16/h4-9,12H,10-11,13H2,1-3H3/t20-,21-/m0/s1. The third kappa shape index (κ3) is 1.73. The van der Waals surface area contributed by atoms with Gasteiger partial charge < -0.3 is 4.74 Å². The molecule has 2 atom stereocenters. The fourth-order valence-corrected chi connectivity index (χ4v) is 4.75. The summed E-state index contributed by atoms with van der Waals surface area (Å²) >= 11 is 0. The summed E-state index contributed by atoms with van der Waals surface area (Å²) in [6.07, 6.45) is 1.81. The van der Waals surface area contributed by atoms with Crippen LogP contribution in [0.3, 0.4) is 0 Å². The molecule has 2 aromatic carbocycles. The van der Waals surface area contributed by atoms with E-state index in [2.05, 4.69) is 0 Å². The molecule has 2 saturated carbocycles. The van der Waals surface area contributed by atoms with Crippen molar-refractivity contribution in [2.24, 2.45) is 16.2 Å². The highest BCUT2D eigenvalue weighted by atomic mass is 16.5. The second-order valence-corrected chi connectivity index (χ2v) is 8.04. The number of carbonyl (C=O) groups is 2. The first-order valence-corrected chi connectivity index (χ1v) is 8.55. The number of ketones is 1. The predicted molar refractivity (Wildman–Crippen MR) is 92.8 cm³/mol. The van der Waals surface area contributed by atoms with Gasteiger partial charge in [0.15, 0.2) is 0 Å². The van der Waals surface area contributed by atoms with E-state index in [1.165, 1.54) is 0 Å². The van der Waals surface area contributed by atoms with Crippen LogP contribution in [0.25, 0.3) is 10.8 Å². The molecule has 2 aliphatic rings. The monoisotopic (exact) mass is 322 g/mol. The van der Waals surface area contributed by atoms with E-state index < -0.39 is 10.8 Å². The number of benzene rings is 2. The molecule has 3 heteroatoms. The Morgan fingerprint density at radius 3 is 2.33 bits per heavy atom. The van der Waals surface area contributed by atoms with Gasteiger partial charge in [0, 0.05) is 11.8 Å². The van der Waals surface area contributed by atoms with Crippen molar-refractivity contribution in [3.05, 3.63) is 42.5 Å². The maximum atomic E-state index is 13.1. The molecule has 0 heterocycles. The molecule has 24 heavy (non-hydrogen) atoms. The number of rotatable bonds is 2. The lowest BCUT2D eigenvalue weighted by Crippen LogP contribution is -2.42. The van der Waals surface area contributed by atoms with Gasteiger partial charge in [0.05, 0.1) is 5.41 Å². The Kier molecular flexibility index (Phi) is 3.00. The first kappa shape index (κ1) is 15.4. The van der Waals surface area contributed by atoms with Crippen molar-refractivity contribution < 1.29 is 14.3 Å². The quantitative estimate of drug-likeness (QED) is 0.602. The molecular formula is C21H22O3. The van der Waals surface area contributed by atoms with Crippen LogP contribution in [0.1, 0.15) is 40.0 Å². The maximum absolute atomic E-state index is 13.1. The summed E-state index contributed by atoms with van der Waals surface area (Å²) in [6.45, 7) is 6.10. The van der Waals surface area contributed by atoms with Gasteiger partial charge in [-0.05, 0) is 41.2 Å². The molecule has 0 amide bonds.